The Morgan fingerprint density at radius 2 is 1.92 bits per heavy atom. The Morgan fingerprint density at radius 1 is 1.12 bits per heavy atom. The van der Waals surface area contributed by atoms with Gasteiger partial charge in [0.15, 0.2) is 0 Å². The average molecular weight is 351 g/mol. The molecule has 2 aromatic rings. The van der Waals surface area contributed by atoms with E-state index in [9.17, 15) is 14.9 Å². The van der Waals surface area contributed by atoms with Gasteiger partial charge in [-0.05, 0) is 55.4 Å². The summed E-state index contributed by atoms with van der Waals surface area (Å²) in [6.45, 7) is 0. The molecule has 4 rings (SSSR count). The number of carbonyl (C=O) groups is 1. The van der Waals surface area contributed by atoms with Crippen molar-refractivity contribution in [2.24, 2.45) is 0 Å². The smallest absolute Gasteiger partial charge is 0.293 e. The zero-order valence-corrected chi connectivity index (χ0v) is 14.4. The quantitative estimate of drug-likeness (QED) is 0.630. The van der Waals surface area contributed by atoms with Gasteiger partial charge in [-0.15, -0.1) is 0 Å². The van der Waals surface area contributed by atoms with Crippen molar-refractivity contribution in [2.45, 2.75) is 44.2 Å². The molecule has 0 heterocycles. The molecule has 1 saturated carbocycles. The molecule has 1 amide bonds. The highest BCUT2D eigenvalue weighted by molar-refractivity contribution is 5.96. The second-order valence-electron chi connectivity index (χ2n) is 7.02. The van der Waals surface area contributed by atoms with Crippen molar-refractivity contribution in [3.05, 3.63) is 69.3 Å². The van der Waals surface area contributed by atoms with Gasteiger partial charge < -0.3 is 10.6 Å². The highest BCUT2D eigenvalue weighted by Crippen LogP contribution is 2.35. The van der Waals surface area contributed by atoms with Crippen LogP contribution in [0.2, 0.25) is 0 Å². The lowest BCUT2D eigenvalue weighted by Gasteiger charge is -2.27. The van der Waals surface area contributed by atoms with Gasteiger partial charge in [-0.2, -0.15) is 0 Å². The number of rotatable bonds is 5. The molecule has 134 valence electrons. The normalized spacial score (nSPS) is 18.7. The predicted molar refractivity (Wildman–Crippen MR) is 99.3 cm³/mol. The Hall–Kier alpha value is -2.89. The van der Waals surface area contributed by atoms with E-state index in [1.165, 1.54) is 17.2 Å². The Balaban J connectivity index is 1.60. The van der Waals surface area contributed by atoms with Crippen LogP contribution in [0, 0.1) is 10.1 Å². The SMILES string of the molecule is O=C(NC1CC1)c1ccc(NC2CCCc3ccccc32)c([N+](=O)[O-])c1. The largest absolute Gasteiger partial charge is 0.373 e. The fraction of sp³-hybridized carbons (Fsp3) is 0.350. The number of aryl methyl sites for hydroxylation is 1. The lowest BCUT2D eigenvalue weighted by Crippen LogP contribution is -2.25. The van der Waals surface area contributed by atoms with E-state index in [-0.39, 0.29) is 23.7 Å². The van der Waals surface area contributed by atoms with Crippen LogP contribution in [0.4, 0.5) is 11.4 Å². The van der Waals surface area contributed by atoms with Gasteiger partial charge in [-0.3, -0.25) is 14.9 Å². The number of benzene rings is 2. The Kier molecular flexibility index (Phi) is 4.32. The fourth-order valence-electron chi connectivity index (χ4n) is 3.53. The van der Waals surface area contributed by atoms with Crippen molar-refractivity contribution in [1.82, 2.24) is 5.32 Å². The van der Waals surface area contributed by atoms with Gasteiger partial charge in [0.25, 0.3) is 11.6 Å². The van der Waals surface area contributed by atoms with Gasteiger partial charge in [0.05, 0.1) is 11.0 Å². The first kappa shape index (κ1) is 16.6. The van der Waals surface area contributed by atoms with Crippen molar-refractivity contribution in [3.8, 4) is 0 Å². The van der Waals surface area contributed by atoms with Crippen molar-refractivity contribution < 1.29 is 9.72 Å². The Labute approximate surface area is 151 Å². The maximum Gasteiger partial charge on any atom is 0.293 e. The first-order valence-electron chi connectivity index (χ1n) is 9.05. The minimum atomic E-state index is -0.426. The lowest BCUT2D eigenvalue weighted by molar-refractivity contribution is -0.384. The molecular formula is C20H21N3O3. The van der Waals surface area contributed by atoms with E-state index in [1.54, 1.807) is 12.1 Å². The van der Waals surface area contributed by atoms with E-state index >= 15 is 0 Å². The molecule has 0 radical (unpaired) electrons. The van der Waals surface area contributed by atoms with Crippen LogP contribution in [0.25, 0.3) is 0 Å². The van der Waals surface area contributed by atoms with Crippen molar-refractivity contribution >= 4 is 17.3 Å². The van der Waals surface area contributed by atoms with Crippen LogP contribution < -0.4 is 10.6 Å². The van der Waals surface area contributed by atoms with Crippen LogP contribution in [-0.4, -0.2) is 16.9 Å². The maximum absolute atomic E-state index is 12.2. The summed E-state index contributed by atoms with van der Waals surface area (Å²) in [6, 6.07) is 13.2. The highest BCUT2D eigenvalue weighted by atomic mass is 16.6. The number of hydrogen-bond acceptors (Lipinski definition) is 4. The van der Waals surface area contributed by atoms with E-state index < -0.39 is 4.92 Å². The molecule has 2 aliphatic carbocycles. The molecule has 0 spiro atoms. The number of carbonyl (C=O) groups excluding carboxylic acids is 1. The molecule has 2 aromatic carbocycles. The van der Waals surface area contributed by atoms with Crippen LogP contribution in [0.5, 0.6) is 0 Å². The topological polar surface area (TPSA) is 84.3 Å². The molecule has 0 saturated heterocycles. The highest BCUT2D eigenvalue weighted by Gasteiger charge is 2.26. The summed E-state index contributed by atoms with van der Waals surface area (Å²) < 4.78 is 0. The molecule has 1 unspecified atom stereocenters. The number of anilines is 1. The monoisotopic (exact) mass is 351 g/mol. The standard InChI is InChI=1S/C20H21N3O3/c24-20(21-15-9-10-15)14-8-11-18(19(12-14)23(25)26)22-17-7-3-5-13-4-1-2-6-16(13)17/h1-2,4,6,8,11-12,15,17,22H,3,5,7,9-10H2,(H,21,24). The van der Waals surface area contributed by atoms with E-state index in [0.717, 1.165) is 32.1 Å². The number of nitro benzene ring substituents is 1. The second-order valence-corrected chi connectivity index (χ2v) is 7.02. The predicted octanol–water partition coefficient (Wildman–Crippen LogP) is 3.98. The van der Waals surface area contributed by atoms with Gasteiger partial charge in [0.1, 0.15) is 5.69 Å². The third-order valence-corrected chi connectivity index (χ3v) is 5.07. The first-order chi connectivity index (χ1) is 12.6. The summed E-state index contributed by atoms with van der Waals surface area (Å²) in [6.07, 6.45) is 4.97. The number of fused-ring (bicyclic) bond motifs is 1. The third kappa shape index (κ3) is 3.40. The Morgan fingerprint density at radius 3 is 2.69 bits per heavy atom. The summed E-state index contributed by atoms with van der Waals surface area (Å²) in [5.74, 6) is -0.245. The molecule has 1 fully saturated rings. The zero-order chi connectivity index (χ0) is 18.1. The van der Waals surface area contributed by atoms with Crippen molar-refractivity contribution in [3.63, 3.8) is 0 Å². The van der Waals surface area contributed by atoms with E-state index in [2.05, 4.69) is 22.8 Å². The minimum absolute atomic E-state index is 0.0461. The maximum atomic E-state index is 12.2. The summed E-state index contributed by atoms with van der Waals surface area (Å²) in [5, 5.41) is 17.8. The van der Waals surface area contributed by atoms with Gasteiger partial charge in [0.2, 0.25) is 0 Å². The number of nitrogens with one attached hydrogen (secondary N) is 2. The summed E-state index contributed by atoms with van der Waals surface area (Å²) in [4.78, 5) is 23.3. The molecular weight excluding hydrogens is 330 g/mol. The van der Waals surface area contributed by atoms with Gasteiger partial charge in [0, 0.05) is 17.7 Å². The Bertz CT molecular complexity index is 861. The third-order valence-electron chi connectivity index (χ3n) is 5.07. The molecule has 6 heteroatoms. The van der Waals surface area contributed by atoms with Crippen LogP contribution in [-0.2, 0) is 6.42 Å². The van der Waals surface area contributed by atoms with Crippen molar-refractivity contribution in [2.75, 3.05) is 5.32 Å². The molecule has 1 atom stereocenters. The molecule has 26 heavy (non-hydrogen) atoms. The minimum Gasteiger partial charge on any atom is -0.373 e. The van der Waals surface area contributed by atoms with Crippen LogP contribution in [0.3, 0.4) is 0 Å². The summed E-state index contributed by atoms with van der Waals surface area (Å²) in [7, 11) is 0. The molecule has 0 bridgehead atoms. The molecule has 2 aliphatic rings. The van der Waals surface area contributed by atoms with Crippen LogP contribution >= 0.6 is 0 Å². The van der Waals surface area contributed by atoms with Gasteiger partial charge >= 0.3 is 0 Å². The number of nitro groups is 1. The number of hydrogen-bond donors (Lipinski definition) is 2. The molecule has 2 N–H and O–H groups in total. The molecule has 0 aromatic heterocycles. The van der Waals surface area contributed by atoms with E-state index in [4.69, 9.17) is 0 Å². The molecule has 6 nitrogen and oxygen atoms in total. The van der Waals surface area contributed by atoms with Crippen molar-refractivity contribution in [1.29, 1.82) is 0 Å². The van der Waals surface area contributed by atoms with Gasteiger partial charge in [-0.1, -0.05) is 24.3 Å². The molecule has 0 aliphatic heterocycles. The van der Waals surface area contributed by atoms with Crippen LogP contribution in [0.15, 0.2) is 42.5 Å². The first-order valence-corrected chi connectivity index (χ1v) is 9.05. The lowest BCUT2D eigenvalue weighted by atomic mass is 9.87. The number of nitrogens with zero attached hydrogens (tertiary/aromatic N) is 1. The van der Waals surface area contributed by atoms with Crippen LogP contribution in [0.1, 0.15) is 53.2 Å². The summed E-state index contributed by atoms with van der Waals surface area (Å²) >= 11 is 0. The van der Waals surface area contributed by atoms with E-state index in [0.29, 0.717) is 11.3 Å². The van der Waals surface area contributed by atoms with E-state index in [1.807, 2.05) is 12.1 Å². The van der Waals surface area contributed by atoms with Gasteiger partial charge in [-0.25, -0.2) is 0 Å². The average Bonchev–Trinajstić information content (AvgIpc) is 3.46. The summed E-state index contributed by atoms with van der Waals surface area (Å²) in [5.41, 5.74) is 3.22. The second kappa shape index (κ2) is 6.78. The number of amides is 1. The fourth-order valence-corrected chi connectivity index (χ4v) is 3.53. The zero-order valence-electron chi connectivity index (χ0n) is 14.4.